The highest BCUT2D eigenvalue weighted by Gasteiger charge is 2.14. The third-order valence-electron chi connectivity index (χ3n) is 1.96. The highest BCUT2D eigenvalue weighted by molar-refractivity contribution is 6.32. The van der Waals surface area contributed by atoms with Gasteiger partial charge in [0, 0.05) is 6.07 Å². The molecule has 0 unspecified atom stereocenters. The Labute approximate surface area is 92.9 Å². The van der Waals surface area contributed by atoms with E-state index in [2.05, 4.69) is 0 Å². The predicted molar refractivity (Wildman–Crippen MR) is 57.9 cm³/mol. The molecule has 0 saturated carbocycles. The molecule has 0 spiro atoms. The molecule has 2 N–H and O–H groups in total. The standard InChI is InChI=1S/C10H12ClNO3/c1-14-9-4-10(15-2)7(11)3-6(9)8(13)5-12/h3-4H,5,12H2,1-2H3. The summed E-state index contributed by atoms with van der Waals surface area (Å²) >= 11 is 5.89. The normalized spacial score (nSPS) is 9.87. The number of halogens is 1. The molecule has 5 heteroatoms. The number of carbonyl (C=O) groups is 1. The highest BCUT2D eigenvalue weighted by atomic mass is 35.5. The zero-order valence-corrected chi connectivity index (χ0v) is 9.30. The van der Waals surface area contributed by atoms with Crippen molar-refractivity contribution >= 4 is 17.4 Å². The summed E-state index contributed by atoms with van der Waals surface area (Å²) in [6.45, 7) is -0.0843. The van der Waals surface area contributed by atoms with Gasteiger partial charge in [0.2, 0.25) is 0 Å². The molecule has 0 aliphatic rings. The summed E-state index contributed by atoms with van der Waals surface area (Å²) in [6.07, 6.45) is 0. The summed E-state index contributed by atoms with van der Waals surface area (Å²) < 4.78 is 10.1. The van der Waals surface area contributed by atoms with Crippen molar-refractivity contribution in [2.75, 3.05) is 20.8 Å². The maximum atomic E-state index is 11.4. The summed E-state index contributed by atoms with van der Waals surface area (Å²) in [7, 11) is 2.96. The number of carbonyl (C=O) groups excluding carboxylic acids is 1. The molecule has 0 bridgehead atoms. The fourth-order valence-corrected chi connectivity index (χ4v) is 1.43. The van der Waals surface area contributed by atoms with E-state index in [1.54, 1.807) is 6.07 Å². The van der Waals surface area contributed by atoms with Crippen LogP contribution in [0.5, 0.6) is 11.5 Å². The molecule has 1 rings (SSSR count). The molecule has 0 radical (unpaired) electrons. The number of benzene rings is 1. The lowest BCUT2D eigenvalue weighted by molar-refractivity contribution is 0.0998. The van der Waals surface area contributed by atoms with E-state index in [0.717, 1.165) is 0 Å². The molecular weight excluding hydrogens is 218 g/mol. The van der Waals surface area contributed by atoms with Gasteiger partial charge in [-0.2, -0.15) is 0 Å². The van der Waals surface area contributed by atoms with Crippen LogP contribution in [0.4, 0.5) is 0 Å². The monoisotopic (exact) mass is 229 g/mol. The van der Waals surface area contributed by atoms with Crippen molar-refractivity contribution < 1.29 is 14.3 Å². The van der Waals surface area contributed by atoms with Crippen LogP contribution in [0.25, 0.3) is 0 Å². The summed E-state index contributed by atoms with van der Waals surface area (Å²) in [5.74, 6) is 0.644. The minimum Gasteiger partial charge on any atom is -0.496 e. The van der Waals surface area contributed by atoms with Crippen molar-refractivity contribution in [3.63, 3.8) is 0 Å². The lowest BCUT2D eigenvalue weighted by Gasteiger charge is -2.10. The number of ether oxygens (including phenoxy) is 2. The van der Waals surface area contributed by atoms with Crippen LogP contribution < -0.4 is 15.2 Å². The Hall–Kier alpha value is -1.26. The van der Waals surface area contributed by atoms with Crippen LogP contribution in [0.2, 0.25) is 5.02 Å². The van der Waals surface area contributed by atoms with E-state index < -0.39 is 0 Å². The number of ketones is 1. The maximum absolute atomic E-state index is 11.4. The number of nitrogens with two attached hydrogens (primary N) is 1. The van der Waals surface area contributed by atoms with Gasteiger partial charge in [0.05, 0.1) is 31.4 Å². The first kappa shape index (κ1) is 11.8. The number of rotatable bonds is 4. The molecule has 0 fully saturated rings. The molecule has 15 heavy (non-hydrogen) atoms. The molecule has 0 amide bonds. The van der Waals surface area contributed by atoms with Crippen molar-refractivity contribution in [1.82, 2.24) is 0 Å². The van der Waals surface area contributed by atoms with Gasteiger partial charge in [0.15, 0.2) is 5.78 Å². The molecule has 1 aromatic carbocycles. The van der Waals surface area contributed by atoms with Gasteiger partial charge in [-0.05, 0) is 6.07 Å². The summed E-state index contributed by atoms with van der Waals surface area (Å²) in [5, 5.41) is 0.357. The van der Waals surface area contributed by atoms with Crippen LogP contribution in [0.15, 0.2) is 12.1 Å². The van der Waals surface area contributed by atoms with E-state index in [9.17, 15) is 4.79 Å². The molecule has 82 valence electrons. The summed E-state index contributed by atoms with van der Waals surface area (Å²) in [6, 6.07) is 3.06. The Morgan fingerprint density at radius 1 is 1.33 bits per heavy atom. The lowest BCUT2D eigenvalue weighted by atomic mass is 10.1. The number of hydrogen-bond donors (Lipinski definition) is 1. The fraction of sp³-hybridized carbons (Fsp3) is 0.300. The zero-order valence-electron chi connectivity index (χ0n) is 8.54. The first-order valence-electron chi connectivity index (χ1n) is 4.28. The molecule has 4 nitrogen and oxygen atoms in total. The van der Waals surface area contributed by atoms with Gasteiger partial charge >= 0.3 is 0 Å². The third kappa shape index (κ3) is 2.40. The number of hydrogen-bond acceptors (Lipinski definition) is 4. The smallest absolute Gasteiger partial charge is 0.180 e. The van der Waals surface area contributed by atoms with Gasteiger partial charge in [0.25, 0.3) is 0 Å². The molecule has 0 aliphatic heterocycles. The second-order valence-corrected chi connectivity index (χ2v) is 3.22. The Morgan fingerprint density at radius 3 is 2.40 bits per heavy atom. The molecule has 0 heterocycles. The SMILES string of the molecule is COc1cc(OC)c(C(=O)CN)cc1Cl. The number of Topliss-reactive ketones (excluding diaryl/α,β-unsaturated/α-hetero) is 1. The Bertz CT molecular complexity index is 379. The minimum atomic E-state index is -0.226. The zero-order chi connectivity index (χ0) is 11.4. The highest BCUT2D eigenvalue weighted by Crippen LogP contribution is 2.32. The van der Waals surface area contributed by atoms with Crippen LogP contribution in [0.1, 0.15) is 10.4 Å². The lowest BCUT2D eigenvalue weighted by Crippen LogP contribution is -2.14. The molecular formula is C10H12ClNO3. The van der Waals surface area contributed by atoms with E-state index in [1.807, 2.05) is 0 Å². The van der Waals surface area contributed by atoms with E-state index in [4.69, 9.17) is 26.8 Å². The Morgan fingerprint density at radius 2 is 1.93 bits per heavy atom. The fourth-order valence-electron chi connectivity index (χ4n) is 1.19. The molecule has 0 aromatic heterocycles. The summed E-state index contributed by atoms with van der Waals surface area (Å²) in [4.78, 5) is 11.4. The van der Waals surface area contributed by atoms with Crippen molar-refractivity contribution in [2.45, 2.75) is 0 Å². The van der Waals surface area contributed by atoms with Crippen LogP contribution in [-0.4, -0.2) is 26.5 Å². The van der Waals surface area contributed by atoms with Gasteiger partial charge in [-0.25, -0.2) is 0 Å². The molecule has 0 atom stereocenters. The molecule has 0 aliphatic carbocycles. The maximum Gasteiger partial charge on any atom is 0.180 e. The van der Waals surface area contributed by atoms with E-state index in [-0.39, 0.29) is 12.3 Å². The topological polar surface area (TPSA) is 61.5 Å². The molecule has 0 saturated heterocycles. The second kappa shape index (κ2) is 5.00. The van der Waals surface area contributed by atoms with Crippen LogP contribution >= 0.6 is 11.6 Å². The van der Waals surface area contributed by atoms with E-state index in [1.165, 1.54) is 20.3 Å². The van der Waals surface area contributed by atoms with E-state index >= 15 is 0 Å². The average Bonchev–Trinajstić information content (AvgIpc) is 2.27. The first-order valence-corrected chi connectivity index (χ1v) is 4.66. The minimum absolute atomic E-state index is 0.0843. The largest absolute Gasteiger partial charge is 0.496 e. The summed E-state index contributed by atoms with van der Waals surface area (Å²) in [5.41, 5.74) is 5.64. The van der Waals surface area contributed by atoms with Gasteiger partial charge in [-0.1, -0.05) is 11.6 Å². The van der Waals surface area contributed by atoms with Gasteiger partial charge < -0.3 is 15.2 Å². The van der Waals surface area contributed by atoms with Crippen molar-refractivity contribution in [3.05, 3.63) is 22.7 Å². The van der Waals surface area contributed by atoms with Gasteiger partial charge in [-0.15, -0.1) is 0 Å². The van der Waals surface area contributed by atoms with Crippen molar-refractivity contribution in [2.24, 2.45) is 5.73 Å². The van der Waals surface area contributed by atoms with Gasteiger partial charge in [0.1, 0.15) is 11.5 Å². The average molecular weight is 230 g/mol. The third-order valence-corrected chi connectivity index (χ3v) is 2.26. The van der Waals surface area contributed by atoms with Crippen LogP contribution in [-0.2, 0) is 0 Å². The second-order valence-electron chi connectivity index (χ2n) is 2.81. The Balaban J connectivity index is 3.27. The van der Waals surface area contributed by atoms with E-state index in [0.29, 0.717) is 22.1 Å². The van der Waals surface area contributed by atoms with Crippen LogP contribution in [0.3, 0.4) is 0 Å². The first-order chi connectivity index (χ1) is 7.13. The predicted octanol–water partition coefficient (Wildman–Crippen LogP) is 1.50. The van der Waals surface area contributed by atoms with Gasteiger partial charge in [-0.3, -0.25) is 4.79 Å². The van der Waals surface area contributed by atoms with Crippen molar-refractivity contribution in [3.8, 4) is 11.5 Å². The number of methoxy groups -OCH3 is 2. The quantitative estimate of drug-likeness (QED) is 0.795. The van der Waals surface area contributed by atoms with Crippen LogP contribution in [0, 0.1) is 0 Å². The Kier molecular flexibility index (Phi) is 3.94. The van der Waals surface area contributed by atoms with Crippen molar-refractivity contribution in [1.29, 1.82) is 0 Å². The molecule has 1 aromatic rings.